The molecule has 0 bridgehead atoms. The van der Waals surface area contributed by atoms with Crippen LogP contribution in [0.3, 0.4) is 0 Å². The minimum atomic E-state index is -0.454. The summed E-state index contributed by atoms with van der Waals surface area (Å²) in [5.74, 6) is -0.476. The van der Waals surface area contributed by atoms with Gasteiger partial charge in [0.2, 0.25) is 0 Å². The zero-order valence-electron chi connectivity index (χ0n) is 21.1. The molecule has 192 valence electrons. The molecule has 3 aromatic carbocycles. The molecule has 7 nitrogen and oxygen atoms in total. The molecular weight excluding hydrogens is 468 g/mol. The summed E-state index contributed by atoms with van der Waals surface area (Å²) < 4.78 is 10.9. The molecule has 0 fully saturated rings. The highest BCUT2D eigenvalue weighted by atomic mass is 16.5. The van der Waals surface area contributed by atoms with E-state index >= 15 is 0 Å². The Balaban J connectivity index is 1.58. The van der Waals surface area contributed by atoms with Crippen LogP contribution in [0.1, 0.15) is 48.2 Å². The number of rotatable bonds is 12. The van der Waals surface area contributed by atoms with E-state index < -0.39 is 11.8 Å². The summed E-state index contributed by atoms with van der Waals surface area (Å²) in [7, 11) is 0. The van der Waals surface area contributed by atoms with Crippen LogP contribution in [0, 0.1) is 0 Å². The Kier molecular flexibility index (Phi) is 10.5. The molecule has 0 atom stereocenters. The van der Waals surface area contributed by atoms with Gasteiger partial charge >= 0.3 is 5.97 Å². The van der Waals surface area contributed by atoms with Crippen LogP contribution >= 0.6 is 0 Å². The van der Waals surface area contributed by atoms with Crippen molar-refractivity contribution < 1.29 is 23.9 Å². The molecule has 0 unspecified atom stereocenters. The van der Waals surface area contributed by atoms with Gasteiger partial charge < -0.3 is 20.1 Å². The molecule has 0 heterocycles. The Labute approximate surface area is 217 Å². The Morgan fingerprint density at radius 2 is 1.51 bits per heavy atom. The van der Waals surface area contributed by atoms with Crippen LogP contribution in [0.4, 0.5) is 0 Å². The molecule has 3 rings (SSSR count). The van der Waals surface area contributed by atoms with E-state index in [1.165, 1.54) is 0 Å². The van der Waals surface area contributed by atoms with Gasteiger partial charge in [-0.05, 0) is 61.7 Å². The molecule has 0 saturated carbocycles. The number of hydrogen-bond acceptors (Lipinski definition) is 5. The Bertz CT molecular complexity index is 1190. The molecule has 2 N–H and O–H groups in total. The van der Waals surface area contributed by atoms with E-state index in [9.17, 15) is 14.4 Å². The lowest BCUT2D eigenvalue weighted by molar-refractivity contribution is -0.145. The number of hydrogen-bond donors (Lipinski definition) is 2. The van der Waals surface area contributed by atoms with Crippen LogP contribution in [-0.2, 0) is 20.9 Å². The topological polar surface area (TPSA) is 93.7 Å². The zero-order chi connectivity index (χ0) is 26.5. The van der Waals surface area contributed by atoms with Gasteiger partial charge in [0.15, 0.2) is 0 Å². The zero-order valence-corrected chi connectivity index (χ0v) is 21.1. The summed E-state index contributed by atoms with van der Waals surface area (Å²) >= 11 is 0. The lowest BCUT2D eigenvalue weighted by Gasteiger charge is -2.12. The molecule has 37 heavy (non-hydrogen) atoms. The number of carbonyl (C=O) groups is 3. The Morgan fingerprint density at radius 1 is 0.865 bits per heavy atom. The van der Waals surface area contributed by atoms with Gasteiger partial charge in [-0.3, -0.25) is 14.4 Å². The predicted octanol–water partition coefficient (Wildman–Crippen LogP) is 4.88. The summed E-state index contributed by atoms with van der Waals surface area (Å²) in [4.78, 5) is 37.7. The van der Waals surface area contributed by atoms with Crippen molar-refractivity contribution in [1.29, 1.82) is 0 Å². The van der Waals surface area contributed by atoms with Gasteiger partial charge in [-0.15, -0.1) is 0 Å². The fourth-order valence-electron chi connectivity index (χ4n) is 3.36. The van der Waals surface area contributed by atoms with Gasteiger partial charge in [-0.25, -0.2) is 0 Å². The average molecular weight is 501 g/mol. The summed E-state index contributed by atoms with van der Waals surface area (Å²) in [5.41, 5.74) is 2.16. The van der Waals surface area contributed by atoms with E-state index in [0.29, 0.717) is 17.7 Å². The standard InChI is InChI=1S/C30H32N2O5/c1-22(2)37-26-17-15-23(16-18-26)20-27(32-29(34)25-12-7-4-8-13-25)30(35)31-19-9-14-28(33)36-21-24-10-5-3-6-11-24/h3-8,10-13,15-18,20,22H,9,14,19,21H2,1-2H3,(H,31,35)(H,32,34). The minimum absolute atomic E-state index is 0.0449. The Hall–Kier alpha value is -4.39. The molecule has 7 heteroatoms. The highest BCUT2D eigenvalue weighted by Crippen LogP contribution is 2.16. The molecule has 3 aromatic rings. The molecule has 0 saturated heterocycles. The maximum Gasteiger partial charge on any atom is 0.306 e. The first-order chi connectivity index (χ1) is 17.9. The number of nitrogens with one attached hydrogen (secondary N) is 2. The van der Waals surface area contributed by atoms with Crippen LogP contribution in [0.2, 0.25) is 0 Å². The third kappa shape index (κ3) is 9.64. The molecule has 0 aliphatic heterocycles. The highest BCUT2D eigenvalue weighted by molar-refractivity contribution is 6.05. The first kappa shape index (κ1) is 27.2. The third-order valence-electron chi connectivity index (χ3n) is 5.18. The van der Waals surface area contributed by atoms with Gasteiger partial charge in [-0.2, -0.15) is 0 Å². The number of esters is 1. The van der Waals surface area contributed by atoms with Crippen molar-refractivity contribution in [2.75, 3.05) is 6.54 Å². The molecule has 2 amide bonds. The summed E-state index contributed by atoms with van der Waals surface area (Å²) in [6, 6.07) is 25.3. The SMILES string of the molecule is CC(C)Oc1ccc(C=C(NC(=O)c2ccccc2)C(=O)NCCCC(=O)OCc2ccccc2)cc1. The fraction of sp³-hybridized carbons (Fsp3) is 0.233. The Morgan fingerprint density at radius 3 is 2.16 bits per heavy atom. The maximum absolute atomic E-state index is 12.9. The lowest BCUT2D eigenvalue weighted by atomic mass is 10.1. The minimum Gasteiger partial charge on any atom is -0.491 e. The van der Waals surface area contributed by atoms with Crippen molar-refractivity contribution in [2.45, 2.75) is 39.4 Å². The van der Waals surface area contributed by atoms with Gasteiger partial charge in [-0.1, -0.05) is 60.7 Å². The first-order valence-electron chi connectivity index (χ1n) is 12.2. The fourth-order valence-corrected chi connectivity index (χ4v) is 3.36. The van der Waals surface area contributed by atoms with E-state index in [2.05, 4.69) is 10.6 Å². The van der Waals surface area contributed by atoms with E-state index in [4.69, 9.17) is 9.47 Å². The second kappa shape index (κ2) is 14.2. The smallest absolute Gasteiger partial charge is 0.306 e. The van der Waals surface area contributed by atoms with E-state index in [-0.39, 0.29) is 37.3 Å². The van der Waals surface area contributed by atoms with Crippen LogP contribution in [-0.4, -0.2) is 30.4 Å². The lowest BCUT2D eigenvalue weighted by Crippen LogP contribution is -2.35. The highest BCUT2D eigenvalue weighted by Gasteiger charge is 2.15. The van der Waals surface area contributed by atoms with E-state index in [1.807, 2.05) is 62.4 Å². The van der Waals surface area contributed by atoms with Gasteiger partial charge in [0.1, 0.15) is 18.1 Å². The normalized spacial score (nSPS) is 11.1. The monoisotopic (exact) mass is 500 g/mol. The molecule has 0 aliphatic carbocycles. The predicted molar refractivity (Wildman–Crippen MR) is 143 cm³/mol. The summed E-state index contributed by atoms with van der Waals surface area (Å²) in [6.07, 6.45) is 2.22. The summed E-state index contributed by atoms with van der Waals surface area (Å²) in [6.45, 7) is 4.35. The number of carbonyl (C=O) groups excluding carboxylic acids is 3. The van der Waals surface area contributed by atoms with E-state index in [1.54, 1.807) is 42.5 Å². The molecule has 0 radical (unpaired) electrons. The molecule has 0 aliphatic rings. The van der Waals surface area contributed by atoms with Crippen LogP contribution < -0.4 is 15.4 Å². The van der Waals surface area contributed by atoms with Crippen molar-refractivity contribution in [1.82, 2.24) is 10.6 Å². The molecule has 0 aromatic heterocycles. The average Bonchev–Trinajstić information content (AvgIpc) is 2.91. The van der Waals surface area contributed by atoms with Crippen molar-refractivity contribution in [3.8, 4) is 5.75 Å². The van der Waals surface area contributed by atoms with Gasteiger partial charge in [0, 0.05) is 18.5 Å². The summed E-state index contributed by atoms with van der Waals surface area (Å²) in [5, 5.41) is 5.48. The molecular formula is C30H32N2O5. The second-order valence-corrected chi connectivity index (χ2v) is 8.62. The van der Waals surface area contributed by atoms with Crippen molar-refractivity contribution in [2.24, 2.45) is 0 Å². The number of benzene rings is 3. The van der Waals surface area contributed by atoms with Crippen LogP contribution in [0.25, 0.3) is 6.08 Å². The van der Waals surface area contributed by atoms with E-state index in [0.717, 1.165) is 11.1 Å². The second-order valence-electron chi connectivity index (χ2n) is 8.62. The first-order valence-corrected chi connectivity index (χ1v) is 12.2. The quantitative estimate of drug-likeness (QED) is 0.210. The van der Waals surface area contributed by atoms with Gasteiger partial charge in [0.05, 0.1) is 6.10 Å². The largest absolute Gasteiger partial charge is 0.491 e. The number of ether oxygens (including phenoxy) is 2. The van der Waals surface area contributed by atoms with Crippen LogP contribution in [0.15, 0.2) is 90.6 Å². The number of amides is 2. The van der Waals surface area contributed by atoms with Crippen molar-refractivity contribution in [3.63, 3.8) is 0 Å². The third-order valence-corrected chi connectivity index (χ3v) is 5.18. The van der Waals surface area contributed by atoms with Gasteiger partial charge in [0.25, 0.3) is 11.8 Å². The van der Waals surface area contributed by atoms with Crippen molar-refractivity contribution >= 4 is 23.9 Å². The van der Waals surface area contributed by atoms with Crippen LogP contribution in [0.5, 0.6) is 5.75 Å². The molecule has 0 spiro atoms. The van der Waals surface area contributed by atoms with Crippen molar-refractivity contribution in [3.05, 3.63) is 107 Å². The maximum atomic E-state index is 12.9.